The predicted molar refractivity (Wildman–Crippen MR) is 154 cm³/mol. The number of hydrogen-bond donors (Lipinski definition) is 3. The Hall–Kier alpha value is -4.97. The highest BCUT2D eigenvalue weighted by Gasteiger charge is 2.35. The Morgan fingerprint density at radius 1 is 0.905 bits per heavy atom. The molecule has 0 radical (unpaired) electrons. The fourth-order valence-corrected chi connectivity index (χ4v) is 4.63. The lowest BCUT2D eigenvalue weighted by atomic mass is 9.85. The molecule has 2 heterocycles. The van der Waals surface area contributed by atoms with Gasteiger partial charge in [-0.1, -0.05) is 54.1 Å². The second-order valence-electron chi connectivity index (χ2n) is 10.3. The van der Waals surface area contributed by atoms with Gasteiger partial charge >= 0.3 is 5.97 Å². The summed E-state index contributed by atoms with van der Waals surface area (Å²) >= 11 is 6.11. The van der Waals surface area contributed by atoms with Crippen LogP contribution in [0.5, 0.6) is 0 Å². The number of carbonyl (C=O) groups is 2. The maximum Gasteiger partial charge on any atom is 0.339 e. The maximum absolute atomic E-state index is 13.5. The average Bonchev–Trinajstić information content (AvgIpc) is 3.72. The number of tetrazole rings is 2. The van der Waals surface area contributed by atoms with Gasteiger partial charge in [0.15, 0.2) is 5.60 Å². The van der Waals surface area contributed by atoms with Crippen LogP contribution in [0.2, 0.25) is 5.02 Å². The number of esters is 1. The van der Waals surface area contributed by atoms with Gasteiger partial charge in [-0.3, -0.25) is 4.79 Å². The van der Waals surface area contributed by atoms with Gasteiger partial charge < -0.3 is 10.1 Å². The molecule has 42 heavy (non-hydrogen) atoms. The highest BCUT2D eigenvalue weighted by atomic mass is 35.5. The summed E-state index contributed by atoms with van der Waals surface area (Å²) in [6, 6.07) is 21.6. The molecule has 2 unspecified atom stereocenters. The Morgan fingerprint density at radius 2 is 1.55 bits per heavy atom. The van der Waals surface area contributed by atoms with E-state index in [0.29, 0.717) is 28.7 Å². The summed E-state index contributed by atoms with van der Waals surface area (Å²) in [5, 5.41) is 31.8. The molecule has 0 fully saturated rings. The van der Waals surface area contributed by atoms with E-state index in [-0.39, 0.29) is 17.5 Å². The molecule has 0 spiro atoms. The molecule has 214 valence electrons. The van der Waals surface area contributed by atoms with E-state index in [1.54, 1.807) is 38.1 Å². The Morgan fingerprint density at radius 3 is 2.17 bits per heavy atom. The van der Waals surface area contributed by atoms with Crippen molar-refractivity contribution in [2.24, 2.45) is 0 Å². The highest BCUT2D eigenvalue weighted by Crippen LogP contribution is 2.29. The highest BCUT2D eigenvalue weighted by molar-refractivity contribution is 6.30. The third-order valence-corrected chi connectivity index (χ3v) is 7.12. The van der Waals surface area contributed by atoms with Crippen LogP contribution < -0.4 is 5.32 Å². The van der Waals surface area contributed by atoms with E-state index in [9.17, 15) is 9.59 Å². The summed E-state index contributed by atoms with van der Waals surface area (Å²) in [4.78, 5) is 26.4. The van der Waals surface area contributed by atoms with Crippen molar-refractivity contribution < 1.29 is 14.3 Å². The fraction of sp³-hybridized carbons (Fsp3) is 0.241. The lowest BCUT2D eigenvalue weighted by Crippen LogP contribution is -2.50. The average molecular weight is 586 g/mol. The first-order chi connectivity index (χ1) is 20.2. The maximum atomic E-state index is 13.5. The second-order valence-corrected chi connectivity index (χ2v) is 10.7. The van der Waals surface area contributed by atoms with E-state index >= 15 is 0 Å². The lowest BCUT2D eigenvalue weighted by molar-refractivity contribution is -0.138. The molecule has 5 aromatic rings. The molecule has 0 bridgehead atoms. The van der Waals surface area contributed by atoms with Gasteiger partial charge in [-0.05, 0) is 79.1 Å². The van der Waals surface area contributed by atoms with E-state index in [1.807, 2.05) is 55.5 Å². The van der Waals surface area contributed by atoms with E-state index in [0.717, 1.165) is 16.7 Å². The molecule has 3 N–H and O–H groups in total. The largest absolute Gasteiger partial charge is 0.446 e. The second kappa shape index (κ2) is 12.3. The van der Waals surface area contributed by atoms with Crippen molar-refractivity contribution in [2.45, 2.75) is 44.8 Å². The zero-order chi connectivity index (χ0) is 29.7. The summed E-state index contributed by atoms with van der Waals surface area (Å²) in [6.45, 7) is 5.05. The number of hydrogen-bond acceptors (Lipinski definition) is 9. The lowest BCUT2D eigenvalue weighted by Gasteiger charge is -2.30. The van der Waals surface area contributed by atoms with Crippen molar-refractivity contribution in [1.82, 2.24) is 46.6 Å². The topological polar surface area (TPSA) is 164 Å². The van der Waals surface area contributed by atoms with Crippen molar-refractivity contribution >= 4 is 23.5 Å². The number of nitrogens with zero attached hydrogens (tertiary/aromatic N) is 6. The molecule has 12 nitrogen and oxygen atoms in total. The van der Waals surface area contributed by atoms with Gasteiger partial charge in [0.05, 0.1) is 5.56 Å². The minimum atomic E-state index is -1.45. The van der Waals surface area contributed by atoms with E-state index in [2.05, 4.69) is 46.6 Å². The van der Waals surface area contributed by atoms with Crippen LogP contribution in [0.1, 0.15) is 48.2 Å². The van der Waals surface area contributed by atoms with Crippen molar-refractivity contribution in [1.29, 1.82) is 0 Å². The normalized spacial score (nSPS) is 12.9. The number of benzene rings is 3. The van der Waals surface area contributed by atoms with Crippen molar-refractivity contribution in [2.75, 3.05) is 0 Å². The van der Waals surface area contributed by atoms with Gasteiger partial charge in [-0.25, -0.2) is 4.79 Å². The van der Waals surface area contributed by atoms with Crippen molar-refractivity contribution in [3.8, 4) is 22.8 Å². The minimum Gasteiger partial charge on any atom is -0.446 e. The molecule has 0 aliphatic rings. The Kier molecular flexibility index (Phi) is 8.34. The van der Waals surface area contributed by atoms with Crippen LogP contribution in [0.25, 0.3) is 22.8 Å². The summed E-state index contributed by atoms with van der Waals surface area (Å²) in [5.74, 6) is -0.335. The molecule has 13 heteroatoms. The number of carbonyl (C=O) groups excluding carboxylic acids is 2. The monoisotopic (exact) mass is 585 g/mol. The summed E-state index contributed by atoms with van der Waals surface area (Å²) < 4.78 is 5.66. The number of ether oxygens (including phenoxy) is 1. The van der Waals surface area contributed by atoms with Gasteiger partial charge in [0.25, 0.3) is 5.91 Å². The summed E-state index contributed by atoms with van der Waals surface area (Å²) in [7, 11) is 0. The third-order valence-electron chi connectivity index (χ3n) is 6.87. The van der Waals surface area contributed by atoms with Gasteiger partial charge in [0.2, 0.25) is 11.6 Å². The third kappa shape index (κ3) is 6.66. The fourth-order valence-electron chi connectivity index (χ4n) is 4.51. The molecule has 2 aromatic heterocycles. The van der Waals surface area contributed by atoms with Crippen LogP contribution in [0, 0.1) is 0 Å². The van der Waals surface area contributed by atoms with Crippen LogP contribution in [-0.4, -0.2) is 64.8 Å². The van der Waals surface area contributed by atoms with E-state index < -0.39 is 17.5 Å². The molecular formula is C29H28ClN9O3. The number of aromatic amines is 2. The first kappa shape index (κ1) is 28.6. The number of halogens is 1. The predicted octanol–water partition coefficient (Wildman–Crippen LogP) is 4.17. The molecular weight excluding hydrogens is 558 g/mol. The minimum absolute atomic E-state index is 0.147. The van der Waals surface area contributed by atoms with Crippen molar-refractivity contribution in [3.05, 3.63) is 94.5 Å². The molecule has 0 aliphatic carbocycles. The first-order valence-electron chi connectivity index (χ1n) is 13.2. The van der Waals surface area contributed by atoms with Crippen LogP contribution in [0.3, 0.4) is 0 Å². The molecule has 3 aromatic carbocycles. The van der Waals surface area contributed by atoms with E-state index in [1.165, 1.54) is 0 Å². The van der Waals surface area contributed by atoms with Gasteiger partial charge in [-0.15, -0.1) is 20.4 Å². The molecule has 0 saturated carbocycles. The zero-order valence-corrected chi connectivity index (χ0v) is 23.8. The van der Waals surface area contributed by atoms with Gasteiger partial charge in [0.1, 0.15) is 0 Å². The summed E-state index contributed by atoms with van der Waals surface area (Å²) in [5.41, 5.74) is 2.33. The van der Waals surface area contributed by atoms with Crippen LogP contribution >= 0.6 is 11.6 Å². The molecule has 2 atom stereocenters. The van der Waals surface area contributed by atoms with Crippen LogP contribution in [0.15, 0.2) is 72.8 Å². The zero-order valence-electron chi connectivity index (χ0n) is 23.1. The standard InChI is InChI=1S/C29H28ClN9O3/c1-17(31-28(41)29(2,3)42-27(40)20-11-9-19(10-12-20)25-32-36-37-33-25)24(15-18-7-13-23(30)14-8-18)21-5-4-6-22(16-21)26-34-38-39-35-26/h4-14,16-17,24H,15H2,1-3H3,(H,31,41)(H,32,33,36,37)(H,34,35,38,39). The number of aromatic nitrogens is 8. The number of H-pyrrole nitrogens is 2. The number of rotatable bonds is 10. The quantitative estimate of drug-likeness (QED) is 0.204. The number of amides is 1. The number of nitrogens with one attached hydrogen (secondary N) is 3. The molecule has 1 amide bonds. The SMILES string of the molecule is CC(NC(=O)C(C)(C)OC(=O)c1ccc(-c2nn[nH]n2)cc1)C(Cc1ccc(Cl)cc1)c1cccc(-c2nn[nH]n2)c1. The Bertz CT molecular complexity index is 1640. The van der Waals surface area contributed by atoms with Crippen molar-refractivity contribution in [3.63, 3.8) is 0 Å². The molecule has 5 rings (SSSR count). The molecule has 0 aliphatic heterocycles. The van der Waals surface area contributed by atoms with Crippen LogP contribution in [-0.2, 0) is 16.0 Å². The Balaban J connectivity index is 1.32. The first-order valence-corrected chi connectivity index (χ1v) is 13.5. The smallest absolute Gasteiger partial charge is 0.339 e. The van der Waals surface area contributed by atoms with Crippen LogP contribution in [0.4, 0.5) is 0 Å². The molecule has 0 saturated heterocycles. The Labute approximate surface area is 246 Å². The van der Waals surface area contributed by atoms with Gasteiger partial charge in [0, 0.05) is 28.1 Å². The van der Waals surface area contributed by atoms with E-state index in [4.69, 9.17) is 16.3 Å². The van der Waals surface area contributed by atoms with Gasteiger partial charge in [-0.2, -0.15) is 10.4 Å². The summed E-state index contributed by atoms with van der Waals surface area (Å²) in [6.07, 6.45) is 0.612.